The molecule has 4 nitrogen and oxygen atoms in total. The van der Waals surface area contributed by atoms with Crippen LogP contribution in [-0.2, 0) is 6.54 Å². The van der Waals surface area contributed by atoms with Gasteiger partial charge in [-0.2, -0.15) is 0 Å². The van der Waals surface area contributed by atoms with Crippen LogP contribution in [0.1, 0.15) is 11.1 Å². The molecule has 2 aromatic rings. The maximum Gasteiger partial charge on any atom is 0.143 e. The average molecular weight is 294 g/mol. The summed E-state index contributed by atoms with van der Waals surface area (Å²) in [4.78, 5) is 0. The summed E-state index contributed by atoms with van der Waals surface area (Å²) >= 11 is 6.05. The standard InChI is InChI=1S/C15H16ClNO3/c1-9-5-13(15(20-2)7-12(9)16)17-8-10-3-4-11(18)6-14(10)19/h3-7,17-19H,8H2,1-2H3. The summed E-state index contributed by atoms with van der Waals surface area (Å²) in [6, 6.07) is 8.13. The number of hydrogen-bond acceptors (Lipinski definition) is 4. The van der Waals surface area contributed by atoms with Gasteiger partial charge >= 0.3 is 0 Å². The molecule has 0 heterocycles. The summed E-state index contributed by atoms with van der Waals surface area (Å²) in [7, 11) is 1.57. The Balaban J connectivity index is 2.20. The van der Waals surface area contributed by atoms with Crippen molar-refractivity contribution in [1.82, 2.24) is 0 Å². The SMILES string of the molecule is COc1cc(Cl)c(C)cc1NCc1ccc(O)cc1O. The van der Waals surface area contributed by atoms with Crippen LogP contribution in [0.3, 0.4) is 0 Å². The van der Waals surface area contributed by atoms with Crippen LogP contribution in [0.15, 0.2) is 30.3 Å². The number of aromatic hydroxyl groups is 2. The van der Waals surface area contributed by atoms with E-state index in [-0.39, 0.29) is 11.5 Å². The second-order valence-corrected chi connectivity index (χ2v) is 4.88. The highest BCUT2D eigenvalue weighted by atomic mass is 35.5. The lowest BCUT2D eigenvalue weighted by Crippen LogP contribution is -2.02. The van der Waals surface area contributed by atoms with Gasteiger partial charge in [-0.1, -0.05) is 11.6 Å². The van der Waals surface area contributed by atoms with E-state index in [1.165, 1.54) is 12.1 Å². The first-order valence-corrected chi connectivity index (χ1v) is 6.48. The average Bonchev–Trinajstić information content (AvgIpc) is 2.41. The largest absolute Gasteiger partial charge is 0.508 e. The number of benzene rings is 2. The summed E-state index contributed by atoms with van der Waals surface area (Å²) < 4.78 is 5.27. The number of nitrogens with one attached hydrogen (secondary N) is 1. The van der Waals surface area contributed by atoms with Gasteiger partial charge in [-0.05, 0) is 30.7 Å². The minimum Gasteiger partial charge on any atom is -0.508 e. The molecule has 0 aliphatic rings. The maximum atomic E-state index is 9.74. The molecule has 0 radical (unpaired) electrons. The van der Waals surface area contributed by atoms with E-state index >= 15 is 0 Å². The van der Waals surface area contributed by atoms with Crippen molar-refractivity contribution in [2.45, 2.75) is 13.5 Å². The van der Waals surface area contributed by atoms with Crippen LogP contribution in [-0.4, -0.2) is 17.3 Å². The van der Waals surface area contributed by atoms with Crippen molar-refractivity contribution >= 4 is 17.3 Å². The van der Waals surface area contributed by atoms with Crippen LogP contribution in [0.2, 0.25) is 5.02 Å². The van der Waals surface area contributed by atoms with Gasteiger partial charge in [0.15, 0.2) is 0 Å². The number of ether oxygens (including phenoxy) is 1. The number of phenolic OH excluding ortho intramolecular Hbond substituents is 2. The van der Waals surface area contributed by atoms with Gasteiger partial charge < -0.3 is 20.3 Å². The lowest BCUT2D eigenvalue weighted by atomic mass is 10.1. The molecular formula is C15H16ClNO3. The molecule has 0 spiro atoms. The van der Waals surface area contributed by atoms with Crippen LogP contribution >= 0.6 is 11.6 Å². The van der Waals surface area contributed by atoms with E-state index in [1.807, 2.05) is 13.0 Å². The van der Waals surface area contributed by atoms with Gasteiger partial charge in [-0.3, -0.25) is 0 Å². The van der Waals surface area contributed by atoms with Crippen LogP contribution in [0.5, 0.6) is 17.2 Å². The zero-order valence-electron chi connectivity index (χ0n) is 11.3. The molecule has 0 aromatic heterocycles. The molecule has 0 saturated heterocycles. The normalized spacial score (nSPS) is 10.3. The third kappa shape index (κ3) is 3.08. The lowest BCUT2D eigenvalue weighted by Gasteiger charge is -2.14. The molecule has 2 rings (SSSR count). The Morgan fingerprint density at radius 1 is 1.20 bits per heavy atom. The number of anilines is 1. The van der Waals surface area contributed by atoms with Crippen molar-refractivity contribution in [2.75, 3.05) is 12.4 Å². The van der Waals surface area contributed by atoms with E-state index < -0.39 is 0 Å². The molecule has 0 aliphatic heterocycles. The van der Waals surface area contributed by atoms with Crippen molar-refractivity contribution < 1.29 is 14.9 Å². The molecule has 0 bridgehead atoms. The van der Waals surface area contributed by atoms with Gasteiger partial charge in [0, 0.05) is 29.3 Å². The van der Waals surface area contributed by atoms with Crippen molar-refractivity contribution in [3.63, 3.8) is 0 Å². The van der Waals surface area contributed by atoms with E-state index in [2.05, 4.69) is 5.32 Å². The molecule has 0 atom stereocenters. The first-order chi connectivity index (χ1) is 9.51. The number of methoxy groups -OCH3 is 1. The van der Waals surface area contributed by atoms with Gasteiger partial charge in [-0.25, -0.2) is 0 Å². The Morgan fingerprint density at radius 3 is 2.60 bits per heavy atom. The Labute approximate surface area is 122 Å². The third-order valence-electron chi connectivity index (χ3n) is 3.02. The van der Waals surface area contributed by atoms with E-state index in [4.69, 9.17) is 16.3 Å². The molecule has 0 aliphatic carbocycles. The molecule has 2 aromatic carbocycles. The Bertz CT molecular complexity index is 629. The van der Waals surface area contributed by atoms with Gasteiger partial charge in [-0.15, -0.1) is 0 Å². The fourth-order valence-electron chi connectivity index (χ4n) is 1.86. The number of rotatable bonds is 4. The highest BCUT2D eigenvalue weighted by molar-refractivity contribution is 6.31. The number of aryl methyl sites for hydroxylation is 1. The second-order valence-electron chi connectivity index (χ2n) is 4.47. The Hall–Kier alpha value is -2.07. The van der Waals surface area contributed by atoms with Crippen molar-refractivity contribution in [3.8, 4) is 17.2 Å². The lowest BCUT2D eigenvalue weighted by molar-refractivity contribution is 0.416. The highest BCUT2D eigenvalue weighted by Gasteiger charge is 2.08. The molecular weight excluding hydrogens is 278 g/mol. The predicted octanol–water partition coefficient (Wildman–Crippen LogP) is 3.68. The first-order valence-electron chi connectivity index (χ1n) is 6.10. The molecule has 106 valence electrons. The van der Waals surface area contributed by atoms with Crippen LogP contribution in [0.25, 0.3) is 0 Å². The van der Waals surface area contributed by atoms with E-state index in [0.717, 1.165) is 11.3 Å². The summed E-state index contributed by atoms with van der Waals surface area (Å²) in [5, 5.41) is 22.8. The van der Waals surface area contributed by atoms with E-state index in [1.54, 1.807) is 19.2 Å². The van der Waals surface area contributed by atoms with Gasteiger partial charge in [0.05, 0.1) is 12.8 Å². The monoisotopic (exact) mass is 293 g/mol. The van der Waals surface area contributed by atoms with Crippen LogP contribution in [0.4, 0.5) is 5.69 Å². The zero-order valence-corrected chi connectivity index (χ0v) is 12.0. The molecule has 0 fully saturated rings. The molecule has 3 N–H and O–H groups in total. The van der Waals surface area contributed by atoms with Gasteiger partial charge in [0.1, 0.15) is 17.2 Å². The topological polar surface area (TPSA) is 61.7 Å². The summed E-state index contributed by atoms with van der Waals surface area (Å²) in [5.74, 6) is 0.715. The summed E-state index contributed by atoms with van der Waals surface area (Å²) in [6.45, 7) is 2.31. The third-order valence-corrected chi connectivity index (χ3v) is 3.43. The van der Waals surface area contributed by atoms with Crippen LogP contribution < -0.4 is 10.1 Å². The molecule has 5 heteroatoms. The Kier molecular flexibility index (Phi) is 4.25. The fraction of sp³-hybridized carbons (Fsp3) is 0.200. The van der Waals surface area contributed by atoms with Crippen molar-refractivity contribution in [3.05, 3.63) is 46.5 Å². The molecule has 0 amide bonds. The van der Waals surface area contributed by atoms with Crippen molar-refractivity contribution in [2.24, 2.45) is 0 Å². The Morgan fingerprint density at radius 2 is 1.95 bits per heavy atom. The summed E-state index contributed by atoms with van der Waals surface area (Å²) in [5.41, 5.74) is 2.41. The maximum absolute atomic E-state index is 9.74. The smallest absolute Gasteiger partial charge is 0.143 e. The predicted molar refractivity (Wildman–Crippen MR) is 79.8 cm³/mol. The highest BCUT2D eigenvalue weighted by Crippen LogP contribution is 2.32. The molecule has 20 heavy (non-hydrogen) atoms. The number of halogens is 1. The van der Waals surface area contributed by atoms with Gasteiger partial charge in [0.2, 0.25) is 0 Å². The quantitative estimate of drug-likeness (QED) is 0.805. The minimum atomic E-state index is 0.0335. The van der Waals surface area contributed by atoms with E-state index in [9.17, 15) is 10.2 Å². The van der Waals surface area contributed by atoms with Gasteiger partial charge in [0.25, 0.3) is 0 Å². The van der Waals surface area contributed by atoms with Crippen molar-refractivity contribution in [1.29, 1.82) is 0 Å². The fourth-order valence-corrected chi connectivity index (χ4v) is 2.02. The molecule has 0 saturated carbocycles. The number of phenols is 2. The minimum absolute atomic E-state index is 0.0335. The first kappa shape index (κ1) is 14.3. The summed E-state index contributed by atoms with van der Waals surface area (Å²) in [6.07, 6.45) is 0. The molecule has 0 unspecified atom stereocenters. The second kappa shape index (κ2) is 5.92. The van der Waals surface area contributed by atoms with Crippen LogP contribution in [0, 0.1) is 6.92 Å². The zero-order chi connectivity index (χ0) is 14.7. The van der Waals surface area contributed by atoms with E-state index in [0.29, 0.717) is 22.9 Å². The number of hydrogen-bond donors (Lipinski definition) is 3.